The lowest BCUT2D eigenvalue weighted by molar-refractivity contribution is -0.131. The number of rotatable bonds is 7. The lowest BCUT2D eigenvalue weighted by Crippen LogP contribution is -2.30. The molecule has 0 atom stereocenters. The Labute approximate surface area is 103 Å². The number of hydrogen-bond donors (Lipinski definition) is 1. The molecule has 0 aliphatic heterocycles. The first kappa shape index (κ1) is 13.7. The Morgan fingerprint density at radius 3 is 2.53 bits per heavy atom. The van der Waals surface area contributed by atoms with Crippen molar-refractivity contribution in [3.63, 3.8) is 0 Å². The number of hydrogen-bond acceptors (Lipinski definition) is 2. The SMILES string of the molecule is CCN(Cc1ccccc1)C(=O)CCCCO. The monoisotopic (exact) mass is 235 g/mol. The van der Waals surface area contributed by atoms with E-state index in [0.717, 1.165) is 18.5 Å². The smallest absolute Gasteiger partial charge is 0.222 e. The zero-order chi connectivity index (χ0) is 12.5. The second-order valence-corrected chi connectivity index (χ2v) is 4.07. The minimum Gasteiger partial charge on any atom is -0.396 e. The molecule has 0 aliphatic rings. The molecule has 0 radical (unpaired) electrons. The molecule has 0 aliphatic carbocycles. The van der Waals surface area contributed by atoms with E-state index in [-0.39, 0.29) is 12.5 Å². The molecular formula is C14H21NO2. The van der Waals surface area contributed by atoms with Crippen LogP contribution >= 0.6 is 0 Å². The van der Waals surface area contributed by atoms with Crippen LogP contribution < -0.4 is 0 Å². The molecular weight excluding hydrogens is 214 g/mol. The zero-order valence-electron chi connectivity index (χ0n) is 10.4. The molecule has 0 bridgehead atoms. The molecule has 0 aromatic heterocycles. The first-order chi connectivity index (χ1) is 8.27. The van der Waals surface area contributed by atoms with Crippen LogP contribution in [0, 0.1) is 0 Å². The maximum absolute atomic E-state index is 11.9. The average Bonchev–Trinajstić information content (AvgIpc) is 2.37. The quantitative estimate of drug-likeness (QED) is 0.736. The predicted octanol–water partition coefficient (Wildman–Crippen LogP) is 2.20. The topological polar surface area (TPSA) is 40.5 Å². The van der Waals surface area contributed by atoms with Crippen LogP contribution in [-0.4, -0.2) is 29.1 Å². The molecule has 1 aromatic carbocycles. The highest BCUT2D eigenvalue weighted by Gasteiger charge is 2.11. The number of aliphatic hydroxyl groups is 1. The van der Waals surface area contributed by atoms with Gasteiger partial charge in [-0.05, 0) is 25.3 Å². The summed E-state index contributed by atoms with van der Waals surface area (Å²) in [5, 5.41) is 8.69. The van der Waals surface area contributed by atoms with Gasteiger partial charge in [0.1, 0.15) is 0 Å². The van der Waals surface area contributed by atoms with Crippen LogP contribution in [0.5, 0.6) is 0 Å². The molecule has 0 saturated carbocycles. The van der Waals surface area contributed by atoms with Gasteiger partial charge in [0.25, 0.3) is 0 Å². The van der Waals surface area contributed by atoms with Crippen LogP contribution in [0.15, 0.2) is 30.3 Å². The van der Waals surface area contributed by atoms with E-state index in [1.165, 1.54) is 0 Å². The summed E-state index contributed by atoms with van der Waals surface area (Å²) in [6, 6.07) is 10.0. The fourth-order valence-corrected chi connectivity index (χ4v) is 1.73. The van der Waals surface area contributed by atoms with E-state index in [2.05, 4.69) is 0 Å². The number of unbranched alkanes of at least 4 members (excludes halogenated alkanes) is 1. The van der Waals surface area contributed by atoms with E-state index in [9.17, 15) is 4.79 Å². The van der Waals surface area contributed by atoms with Gasteiger partial charge in [0, 0.05) is 26.1 Å². The lowest BCUT2D eigenvalue weighted by atomic mass is 10.2. The summed E-state index contributed by atoms with van der Waals surface area (Å²) in [6.45, 7) is 3.56. The van der Waals surface area contributed by atoms with Crippen LogP contribution in [0.25, 0.3) is 0 Å². The summed E-state index contributed by atoms with van der Waals surface area (Å²) in [4.78, 5) is 13.8. The molecule has 0 fully saturated rings. The van der Waals surface area contributed by atoms with Gasteiger partial charge in [0.15, 0.2) is 0 Å². The van der Waals surface area contributed by atoms with Crippen molar-refractivity contribution in [1.82, 2.24) is 4.90 Å². The minimum absolute atomic E-state index is 0.165. The zero-order valence-corrected chi connectivity index (χ0v) is 10.4. The van der Waals surface area contributed by atoms with Crippen molar-refractivity contribution >= 4 is 5.91 Å². The van der Waals surface area contributed by atoms with Crippen molar-refractivity contribution < 1.29 is 9.90 Å². The number of nitrogens with zero attached hydrogens (tertiary/aromatic N) is 1. The fraction of sp³-hybridized carbons (Fsp3) is 0.500. The Morgan fingerprint density at radius 1 is 1.24 bits per heavy atom. The number of carbonyl (C=O) groups excluding carboxylic acids is 1. The van der Waals surface area contributed by atoms with Crippen molar-refractivity contribution in [2.75, 3.05) is 13.2 Å². The molecule has 1 N–H and O–H groups in total. The highest BCUT2D eigenvalue weighted by Crippen LogP contribution is 2.07. The number of amides is 1. The van der Waals surface area contributed by atoms with Crippen LogP contribution in [0.3, 0.4) is 0 Å². The minimum atomic E-state index is 0.165. The Bertz CT molecular complexity index is 324. The van der Waals surface area contributed by atoms with Gasteiger partial charge in [-0.15, -0.1) is 0 Å². The Morgan fingerprint density at radius 2 is 1.94 bits per heavy atom. The molecule has 0 heterocycles. The van der Waals surface area contributed by atoms with E-state index in [1.807, 2.05) is 42.2 Å². The second kappa shape index (κ2) is 7.85. The first-order valence-electron chi connectivity index (χ1n) is 6.20. The molecule has 1 aromatic rings. The molecule has 17 heavy (non-hydrogen) atoms. The van der Waals surface area contributed by atoms with Crippen LogP contribution in [0.2, 0.25) is 0 Å². The molecule has 3 nitrogen and oxygen atoms in total. The lowest BCUT2D eigenvalue weighted by Gasteiger charge is -2.21. The normalized spacial score (nSPS) is 10.2. The third-order valence-electron chi connectivity index (χ3n) is 2.75. The van der Waals surface area contributed by atoms with Crippen molar-refractivity contribution in [2.24, 2.45) is 0 Å². The van der Waals surface area contributed by atoms with Crippen molar-refractivity contribution in [2.45, 2.75) is 32.7 Å². The summed E-state index contributed by atoms with van der Waals surface area (Å²) in [6.07, 6.45) is 2.00. The van der Waals surface area contributed by atoms with Crippen LogP contribution in [0.1, 0.15) is 31.7 Å². The highest BCUT2D eigenvalue weighted by atomic mass is 16.3. The van der Waals surface area contributed by atoms with E-state index < -0.39 is 0 Å². The second-order valence-electron chi connectivity index (χ2n) is 4.07. The van der Waals surface area contributed by atoms with Crippen molar-refractivity contribution in [3.05, 3.63) is 35.9 Å². The molecule has 0 unspecified atom stereocenters. The number of aliphatic hydroxyl groups excluding tert-OH is 1. The average molecular weight is 235 g/mol. The molecule has 1 rings (SSSR count). The van der Waals surface area contributed by atoms with E-state index in [1.54, 1.807) is 0 Å². The van der Waals surface area contributed by atoms with Gasteiger partial charge in [-0.2, -0.15) is 0 Å². The summed E-state index contributed by atoms with van der Waals surface area (Å²) in [5.74, 6) is 0.171. The van der Waals surface area contributed by atoms with Gasteiger partial charge in [-0.25, -0.2) is 0 Å². The Hall–Kier alpha value is -1.35. The van der Waals surface area contributed by atoms with E-state index >= 15 is 0 Å². The fourth-order valence-electron chi connectivity index (χ4n) is 1.73. The Balaban J connectivity index is 2.45. The van der Waals surface area contributed by atoms with E-state index in [4.69, 9.17) is 5.11 Å². The van der Waals surface area contributed by atoms with Gasteiger partial charge >= 0.3 is 0 Å². The maximum atomic E-state index is 11.9. The molecule has 94 valence electrons. The largest absolute Gasteiger partial charge is 0.396 e. The molecule has 1 amide bonds. The first-order valence-corrected chi connectivity index (χ1v) is 6.20. The summed E-state index contributed by atoms with van der Waals surface area (Å²) in [7, 11) is 0. The van der Waals surface area contributed by atoms with Crippen LogP contribution in [0.4, 0.5) is 0 Å². The third kappa shape index (κ3) is 5.00. The number of benzene rings is 1. The van der Waals surface area contributed by atoms with Crippen molar-refractivity contribution in [1.29, 1.82) is 0 Å². The van der Waals surface area contributed by atoms with E-state index in [0.29, 0.717) is 19.4 Å². The van der Waals surface area contributed by atoms with Gasteiger partial charge < -0.3 is 10.0 Å². The Kier molecular flexibility index (Phi) is 6.33. The molecule has 0 spiro atoms. The van der Waals surface area contributed by atoms with Gasteiger partial charge in [0.05, 0.1) is 0 Å². The standard InChI is InChI=1S/C14H21NO2/c1-2-15(14(17)10-6-7-11-16)12-13-8-4-3-5-9-13/h3-5,8-9,16H,2,6-7,10-12H2,1H3. The molecule has 3 heteroatoms. The number of carbonyl (C=O) groups is 1. The predicted molar refractivity (Wildman–Crippen MR) is 68.5 cm³/mol. The summed E-state index contributed by atoms with van der Waals surface area (Å²) in [5.41, 5.74) is 1.16. The third-order valence-corrected chi connectivity index (χ3v) is 2.75. The van der Waals surface area contributed by atoms with Gasteiger partial charge in [-0.1, -0.05) is 30.3 Å². The summed E-state index contributed by atoms with van der Waals surface area (Å²) >= 11 is 0. The van der Waals surface area contributed by atoms with Crippen LogP contribution in [-0.2, 0) is 11.3 Å². The highest BCUT2D eigenvalue weighted by molar-refractivity contribution is 5.76. The molecule has 0 saturated heterocycles. The van der Waals surface area contributed by atoms with Gasteiger partial charge in [-0.3, -0.25) is 4.79 Å². The van der Waals surface area contributed by atoms with Gasteiger partial charge in [0.2, 0.25) is 5.91 Å². The summed E-state index contributed by atoms with van der Waals surface area (Å²) < 4.78 is 0. The maximum Gasteiger partial charge on any atom is 0.222 e. The van der Waals surface area contributed by atoms with Crippen molar-refractivity contribution in [3.8, 4) is 0 Å².